The van der Waals surface area contributed by atoms with E-state index in [0.29, 0.717) is 6.54 Å². The van der Waals surface area contributed by atoms with E-state index < -0.39 is 17.2 Å². The Labute approximate surface area is 120 Å². The van der Waals surface area contributed by atoms with Crippen molar-refractivity contribution in [2.24, 2.45) is 14.1 Å². The summed E-state index contributed by atoms with van der Waals surface area (Å²) < 4.78 is 1.97. The molecule has 0 atom stereocenters. The van der Waals surface area contributed by atoms with Crippen LogP contribution in [0.25, 0.3) is 0 Å². The molecular formula is C11H15N5O3S. The van der Waals surface area contributed by atoms with Gasteiger partial charge < -0.3 is 5.32 Å². The van der Waals surface area contributed by atoms with E-state index in [1.165, 1.54) is 14.1 Å². The first-order valence-corrected chi connectivity index (χ1v) is 6.01. The van der Waals surface area contributed by atoms with Crippen LogP contribution in [0.1, 0.15) is 10.5 Å². The van der Waals surface area contributed by atoms with E-state index in [1.54, 1.807) is 6.08 Å². The van der Waals surface area contributed by atoms with Gasteiger partial charge in [0, 0.05) is 26.7 Å². The van der Waals surface area contributed by atoms with Gasteiger partial charge in [-0.05, 0) is 12.2 Å². The van der Waals surface area contributed by atoms with Crippen LogP contribution in [-0.4, -0.2) is 26.7 Å². The van der Waals surface area contributed by atoms with Gasteiger partial charge in [-0.15, -0.1) is 6.58 Å². The third-order valence-corrected chi connectivity index (χ3v) is 2.70. The lowest BCUT2D eigenvalue weighted by Crippen LogP contribution is -2.49. The summed E-state index contributed by atoms with van der Waals surface area (Å²) in [5.74, 6) is -0.648. The van der Waals surface area contributed by atoms with Crippen molar-refractivity contribution in [3.63, 3.8) is 0 Å². The Balaban J connectivity index is 2.84. The number of hydrazine groups is 1. The lowest BCUT2D eigenvalue weighted by Gasteiger charge is -2.12. The number of carbonyl (C=O) groups excluding carboxylic acids is 1. The Bertz CT molecular complexity index is 661. The summed E-state index contributed by atoms with van der Waals surface area (Å²) in [6.45, 7) is 3.94. The van der Waals surface area contributed by atoms with Crippen molar-refractivity contribution in [1.29, 1.82) is 0 Å². The largest absolute Gasteiger partial charge is 0.358 e. The average Bonchev–Trinajstić information content (AvgIpc) is 2.44. The zero-order valence-corrected chi connectivity index (χ0v) is 11.9. The predicted octanol–water partition coefficient (Wildman–Crippen LogP) is -1.62. The molecule has 1 rings (SSSR count). The second-order valence-corrected chi connectivity index (χ2v) is 4.25. The van der Waals surface area contributed by atoms with Crippen molar-refractivity contribution in [1.82, 2.24) is 25.3 Å². The molecule has 0 aromatic carbocycles. The van der Waals surface area contributed by atoms with E-state index in [1.807, 2.05) is 0 Å². The highest BCUT2D eigenvalue weighted by Gasteiger charge is 2.13. The highest BCUT2D eigenvalue weighted by molar-refractivity contribution is 7.80. The van der Waals surface area contributed by atoms with Crippen molar-refractivity contribution in [3.05, 3.63) is 45.3 Å². The van der Waals surface area contributed by atoms with Crippen LogP contribution in [-0.2, 0) is 14.1 Å². The minimum atomic E-state index is -0.648. The molecule has 0 spiro atoms. The van der Waals surface area contributed by atoms with Crippen LogP contribution in [0.2, 0.25) is 0 Å². The SMILES string of the molecule is C=CCNC(=S)NNC(=O)c1cc(=O)n(C)c(=O)n1C. The van der Waals surface area contributed by atoms with Crippen LogP contribution < -0.4 is 27.4 Å². The zero-order chi connectivity index (χ0) is 15.3. The summed E-state index contributed by atoms with van der Waals surface area (Å²) in [4.78, 5) is 35.0. The summed E-state index contributed by atoms with van der Waals surface area (Å²) in [7, 11) is 2.73. The Morgan fingerprint density at radius 1 is 1.35 bits per heavy atom. The molecule has 108 valence electrons. The maximum atomic E-state index is 11.9. The Kier molecular flexibility index (Phi) is 5.21. The highest BCUT2D eigenvalue weighted by atomic mass is 32.1. The van der Waals surface area contributed by atoms with Gasteiger partial charge in [-0.25, -0.2) is 4.79 Å². The number of nitrogens with zero attached hydrogens (tertiary/aromatic N) is 2. The fourth-order valence-electron chi connectivity index (χ4n) is 1.34. The van der Waals surface area contributed by atoms with Crippen LogP contribution in [0.4, 0.5) is 0 Å². The van der Waals surface area contributed by atoms with Gasteiger partial charge in [0.05, 0.1) is 0 Å². The van der Waals surface area contributed by atoms with E-state index in [9.17, 15) is 14.4 Å². The fourth-order valence-corrected chi connectivity index (χ4v) is 1.47. The van der Waals surface area contributed by atoms with E-state index in [-0.39, 0.29) is 10.8 Å². The van der Waals surface area contributed by atoms with E-state index >= 15 is 0 Å². The third kappa shape index (κ3) is 3.54. The monoisotopic (exact) mass is 297 g/mol. The topological polar surface area (TPSA) is 97.2 Å². The number of hydrogen-bond acceptors (Lipinski definition) is 4. The van der Waals surface area contributed by atoms with Gasteiger partial charge in [-0.3, -0.25) is 29.6 Å². The van der Waals surface area contributed by atoms with E-state index in [4.69, 9.17) is 12.2 Å². The molecule has 1 aromatic rings. The molecule has 20 heavy (non-hydrogen) atoms. The summed E-state index contributed by atoms with van der Waals surface area (Å²) in [5, 5.41) is 2.93. The molecule has 0 bridgehead atoms. The second-order valence-electron chi connectivity index (χ2n) is 3.85. The molecule has 1 amide bonds. The first-order valence-electron chi connectivity index (χ1n) is 5.60. The maximum absolute atomic E-state index is 11.9. The molecule has 0 aliphatic rings. The summed E-state index contributed by atoms with van der Waals surface area (Å²) in [6, 6.07) is 1.07. The van der Waals surface area contributed by atoms with E-state index in [2.05, 4.69) is 22.7 Å². The number of hydrogen-bond donors (Lipinski definition) is 3. The van der Waals surface area contributed by atoms with Gasteiger partial charge in [0.15, 0.2) is 5.11 Å². The molecule has 0 unspecified atom stereocenters. The van der Waals surface area contributed by atoms with Crippen molar-refractivity contribution in [2.75, 3.05) is 6.54 Å². The van der Waals surface area contributed by atoms with Crippen LogP contribution in [0.3, 0.4) is 0 Å². The second kappa shape index (κ2) is 6.66. The molecule has 1 heterocycles. The minimum Gasteiger partial charge on any atom is -0.358 e. The lowest BCUT2D eigenvalue weighted by molar-refractivity contribution is 0.0933. The van der Waals surface area contributed by atoms with Crippen LogP contribution in [0.5, 0.6) is 0 Å². The molecule has 9 heteroatoms. The number of amides is 1. The number of carbonyl (C=O) groups is 1. The number of nitrogens with one attached hydrogen (secondary N) is 3. The van der Waals surface area contributed by atoms with Gasteiger partial charge in [0.1, 0.15) is 5.69 Å². The molecule has 0 radical (unpaired) electrons. The number of aromatic nitrogens is 2. The first kappa shape index (κ1) is 15.6. The van der Waals surface area contributed by atoms with Gasteiger partial charge >= 0.3 is 5.69 Å². The van der Waals surface area contributed by atoms with Gasteiger partial charge in [0.2, 0.25) is 0 Å². The highest BCUT2D eigenvalue weighted by Crippen LogP contribution is 1.89. The molecule has 1 aromatic heterocycles. The summed E-state index contributed by atoms with van der Waals surface area (Å²) in [5.41, 5.74) is 3.51. The number of thiocarbonyl (C=S) groups is 1. The molecule has 0 saturated heterocycles. The normalized spacial score (nSPS) is 9.70. The van der Waals surface area contributed by atoms with Crippen LogP contribution in [0.15, 0.2) is 28.3 Å². The Morgan fingerprint density at radius 3 is 2.60 bits per heavy atom. The standard InChI is InChI=1S/C11H15N5O3S/c1-4-5-12-10(20)14-13-9(18)7-6-8(17)16(3)11(19)15(7)2/h4,6H,1,5H2,2-3H3,(H,13,18)(H2,12,14,20). The van der Waals surface area contributed by atoms with Crippen molar-refractivity contribution in [2.45, 2.75) is 0 Å². The molecule has 0 fully saturated rings. The van der Waals surface area contributed by atoms with Crippen LogP contribution in [0, 0.1) is 0 Å². The fraction of sp³-hybridized carbons (Fsp3) is 0.273. The quantitative estimate of drug-likeness (QED) is 0.352. The van der Waals surface area contributed by atoms with Crippen molar-refractivity contribution < 1.29 is 4.79 Å². The molecular weight excluding hydrogens is 282 g/mol. The molecule has 0 aliphatic heterocycles. The Morgan fingerprint density at radius 2 is 2.00 bits per heavy atom. The van der Waals surface area contributed by atoms with Gasteiger partial charge in [-0.2, -0.15) is 0 Å². The van der Waals surface area contributed by atoms with E-state index in [0.717, 1.165) is 15.2 Å². The maximum Gasteiger partial charge on any atom is 0.331 e. The number of rotatable bonds is 3. The molecule has 0 aliphatic carbocycles. The van der Waals surface area contributed by atoms with Crippen LogP contribution >= 0.6 is 12.2 Å². The predicted molar refractivity (Wildman–Crippen MR) is 78.3 cm³/mol. The summed E-state index contributed by atoms with van der Waals surface area (Å²) >= 11 is 4.87. The van der Waals surface area contributed by atoms with Gasteiger partial charge in [-0.1, -0.05) is 6.08 Å². The van der Waals surface area contributed by atoms with Crippen molar-refractivity contribution in [3.8, 4) is 0 Å². The third-order valence-electron chi connectivity index (χ3n) is 2.46. The molecule has 0 saturated carbocycles. The average molecular weight is 297 g/mol. The molecule has 8 nitrogen and oxygen atoms in total. The first-order chi connectivity index (χ1) is 9.38. The smallest absolute Gasteiger partial charge is 0.331 e. The Hall–Kier alpha value is -2.42. The lowest BCUT2D eigenvalue weighted by atomic mass is 10.3. The zero-order valence-electron chi connectivity index (χ0n) is 11.1. The minimum absolute atomic E-state index is 0.0721. The van der Waals surface area contributed by atoms with Crippen molar-refractivity contribution >= 4 is 23.2 Å². The van der Waals surface area contributed by atoms with Gasteiger partial charge in [0.25, 0.3) is 11.5 Å². The summed E-state index contributed by atoms with van der Waals surface area (Å²) in [6.07, 6.45) is 1.60. The molecule has 3 N–H and O–H groups in total.